The van der Waals surface area contributed by atoms with E-state index in [2.05, 4.69) is 11.8 Å². The van der Waals surface area contributed by atoms with Crippen LogP contribution >= 0.6 is 0 Å². The Morgan fingerprint density at radius 3 is 2.58 bits per heavy atom. The molecule has 1 N–H and O–H groups in total. The van der Waals surface area contributed by atoms with E-state index in [1.54, 1.807) is 4.90 Å². The van der Waals surface area contributed by atoms with Crippen molar-refractivity contribution in [2.75, 3.05) is 27.2 Å². The number of nitrogens with zero attached hydrogens (tertiary/aromatic N) is 2. The number of amides is 1. The van der Waals surface area contributed by atoms with Crippen molar-refractivity contribution in [3.63, 3.8) is 0 Å². The van der Waals surface area contributed by atoms with Gasteiger partial charge in [0.25, 0.3) is 5.91 Å². The SMILES string of the molecule is CC1CN(C(=O)c2cc(C(=O)O)co2)CC1N(C)C. The fraction of sp³-hybridized carbons (Fsp3) is 0.538. The van der Waals surface area contributed by atoms with Gasteiger partial charge in [0, 0.05) is 25.2 Å². The van der Waals surface area contributed by atoms with E-state index >= 15 is 0 Å². The summed E-state index contributed by atoms with van der Waals surface area (Å²) in [5.41, 5.74) is -0.000227. The van der Waals surface area contributed by atoms with Gasteiger partial charge >= 0.3 is 5.97 Å². The molecule has 0 saturated carbocycles. The first-order chi connectivity index (χ1) is 8.90. The van der Waals surface area contributed by atoms with Gasteiger partial charge in [0.15, 0.2) is 5.76 Å². The van der Waals surface area contributed by atoms with Crippen LogP contribution in [0.5, 0.6) is 0 Å². The third kappa shape index (κ3) is 2.63. The van der Waals surface area contributed by atoms with Crippen LogP contribution in [-0.4, -0.2) is 60.0 Å². The van der Waals surface area contributed by atoms with Crippen molar-refractivity contribution in [1.82, 2.24) is 9.80 Å². The highest BCUT2D eigenvalue weighted by Crippen LogP contribution is 2.22. The monoisotopic (exact) mass is 266 g/mol. The summed E-state index contributed by atoms with van der Waals surface area (Å²) in [7, 11) is 3.98. The summed E-state index contributed by atoms with van der Waals surface area (Å²) in [6.45, 7) is 3.39. The Morgan fingerprint density at radius 1 is 1.42 bits per heavy atom. The molecule has 0 aliphatic carbocycles. The van der Waals surface area contributed by atoms with Crippen molar-refractivity contribution in [1.29, 1.82) is 0 Å². The molecule has 1 aromatic heterocycles. The molecule has 1 amide bonds. The second-order valence-corrected chi connectivity index (χ2v) is 5.22. The molecule has 0 bridgehead atoms. The second-order valence-electron chi connectivity index (χ2n) is 5.22. The molecule has 1 aliphatic heterocycles. The number of likely N-dealkylation sites (N-methyl/N-ethyl adjacent to an activating group) is 1. The molecule has 104 valence electrons. The van der Waals surface area contributed by atoms with E-state index in [1.165, 1.54) is 6.07 Å². The van der Waals surface area contributed by atoms with Crippen molar-refractivity contribution in [2.45, 2.75) is 13.0 Å². The first-order valence-electron chi connectivity index (χ1n) is 6.17. The largest absolute Gasteiger partial charge is 0.478 e. The van der Waals surface area contributed by atoms with Gasteiger partial charge in [-0.15, -0.1) is 0 Å². The van der Waals surface area contributed by atoms with Crippen LogP contribution in [0.4, 0.5) is 0 Å². The fourth-order valence-electron chi connectivity index (χ4n) is 2.50. The van der Waals surface area contributed by atoms with E-state index in [0.29, 0.717) is 25.0 Å². The van der Waals surface area contributed by atoms with Gasteiger partial charge in [-0.2, -0.15) is 0 Å². The molecular formula is C13H18N2O4. The molecule has 1 aromatic rings. The molecule has 1 saturated heterocycles. The predicted molar refractivity (Wildman–Crippen MR) is 68.2 cm³/mol. The molecule has 2 unspecified atom stereocenters. The van der Waals surface area contributed by atoms with Crippen LogP contribution in [0, 0.1) is 5.92 Å². The topological polar surface area (TPSA) is 74.0 Å². The minimum Gasteiger partial charge on any atom is -0.478 e. The molecule has 6 nitrogen and oxygen atoms in total. The smallest absolute Gasteiger partial charge is 0.338 e. The minimum atomic E-state index is -1.09. The number of rotatable bonds is 3. The molecule has 1 fully saturated rings. The maximum absolute atomic E-state index is 12.2. The van der Waals surface area contributed by atoms with Gasteiger partial charge in [-0.1, -0.05) is 6.92 Å². The zero-order valence-electron chi connectivity index (χ0n) is 11.3. The van der Waals surface area contributed by atoms with Gasteiger partial charge in [0.05, 0.1) is 5.56 Å². The van der Waals surface area contributed by atoms with Crippen LogP contribution < -0.4 is 0 Å². The van der Waals surface area contributed by atoms with Crippen LogP contribution in [0.2, 0.25) is 0 Å². The Hall–Kier alpha value is -1.82. The van der Waals surface area contributed by atoms with Crippen LogP contribution in [-0.2, 0) is 0 Å². The molecule has 19 heavy (non-hydrogen) atoms. The molecule has 1 aliphatic rings. The molecule has 2 heterocycles. The summed E-state index contributed by atoms with van der Waals surface area (Å²) in [4.78, 5) is 26.8. The van der Waals surface area contributed by atoms with Crippen LogP contribution in [0.25, 0.3) is 0 Å². The van der Waals surface area contributed by atoms with E-state index < -0.39 is 5.97 Å². The third-order valence-corrected chi connectivity index (χ3v) is 3.58. The van der Waals surface area contributed by atoms with Gasteiger partial charge in [0.2, 0.25) is 0 Å². The van der Waals surface area contributed by atoms with E-state index in [4.69, 9.17) is 9.52 Å². The second kappa shape index (κ2) is 5.05. The highest BCUT2D eigenvalue weighted by atomic mass is 16.4. The van der Waals surface area contributed by atoms with Crippen molar-refractivity contribution in [3.05, 3.63) is 23.7 Å². The maximum Gasteiger partial charge on any atom is 0.338 e. The summed E-state index contributed by atoms with van der Waals surface area (Å²) in [5.74, 6) is -0.871. The quantitative estimate of drug-likeness (QED) is 0.883. The Labute approximate surface area is 111 Å². The Balaban J connectivity index is 2.10. The summed E-state index contributed by atoms with van der Waals surface area (Å²) in [6.07, 6.45) is 1.10. The van der Waals surface area contributed by atoms with E-state index in [1.807, 2.05) is 14.1 Å². The lowest BCUT2D eigenvalue weighted by Crippen LogP contribution is -2.35. The number of aromatic carboxylic acids is 1. The van der Waals surface area contributed by atoms with Crippen molar-refractivity contribution in [2.24, 2.45) is 5.92 Å². The number of likely N-dealkylation sites (tertiary alicyclic amines) is 1. The summed E-state index contributed by atoms with van der Waals surface area (Å²) < 4.78 is 5.05. The van der Waals surface area contributed by atoms with E-state index in [-0.39, 0.29) is 17.2 Å². The molecule has 0 radical (unpaired) electrons. The number of carbonyl (C=O) groups is 2. The Bertz CT molecular complexity index is 495. The van der Waals surface area contributed by atoms with Crippen molar-refractivity contribution < 1.29 is 19.1 Å². The average molecular weight is 266 g/mol. The van der Waals surface area contributed by atoms with Crippen LogP contribution in [0.1, 0.15) is 27.8 Å². The van der Waals surface area contributed by atoms with Gasteiger partial charge in [-0.3, -0.25) is 4.79 Å². The zero-order chi connectivity index (χ0) is 14.2. The van der Waals surface area contributed by atoms with Gasteiger partial charge in [-0.25, -0.2) is 4.79 Å². The number of hydrogen-bond donors (Lipinski definition) is 1. The highest BCUT2D eigenvalue weighted by Gasteiger charge is 2.35. The summed E-state index contributed by atoms with van der Waals surface area (Å²) >= 11 is 0. The highest BCUT2D eigenvalue weighted by molar-refractivity contribution is 5.95. The summed E-state index contributed by atoms with van der Waals surface area (Å²) in [5, 5.41) is 8.81. The molecule has 0 aromatic carbocycles. The lowest BCUT2D eigenvalue weighted by Gasteiger charge is -2.22. The number of carbonyl (C=O) groups excluding carboxylic acids is 1. The summed E-state index contributed by atoms with van der Waals surface area (Å²) in [6, 6.07) is 1.59. The molecule has 2 rings (SSSR count). The van der Waals surface area contributed by atoms with Crippen LogP contribution in [0.15, 0.2) is 16.7 Å². The van der Waals surface area contributed by atoms with E-state index in [9.17, 15) is 9.59 Å². The Kier molecular flexibility index (Phi) is 3.61. The maximum atomic E-state index is 12.2. The average Bonchev–Trinajstić information content (AvgIpc) is 2.94. The predicted octanol–water partition coefficient (Wildman–Crippen LogP) is 1.000. The number of hydrogen-bond acceptors (Lipinski definition) is 4. The van der Waals surface area contributed by atoms with Gasteiger partial charge < -0.3 is 19.3 Å². The molecule has 2 atom stereocenters. The van der Waals surface area contributed by atoms with Crippen LogP contribution in [0.3, 0.4) is 0 Å². The fourth-order valence-corrected chi connectivity index (χ4v) is 2.50. The number of carboxylic acids is 1. The van der Waals surface area contributed by atoms with Crippen molar-refractivity contribution >= 4 is 11.9 Å². The lowest BCUT2D eigenvalue weighted by molar-refractivity contribution is 0.0695. The van der Waals surface area contributed by atoms with E-state index in [0.717, 1.165) is 6.26 Å². The van der Waals surface area contributed by atoms with Gasteiger partial charge in [0.1, 0.15) is 6.26 Å². The third-order valence-electron chi connectivity index (χ3n) is 3.58. The molecule has 0 spiro atoms. The number of furan rings is 1. The normalized spacial score (nSPS) is 23.1. The van der Waals surface area contributed by atoms with Gasteiger partial charge in [-0.05, 0) is 20.0 Å². The minimum absolute atomic E-state index is 0.000227. The van der Waals surface area contributed by atoms with Crippen molar-refractivity contribution in [3.8, 4) is 0 Å². The number of carboxylic acid groups (broad SMARTS) is 1. The first-order valence-corrected chi connectivity index (χ1v) is 6.17. The Morgan fingerprint density at radius 2 is 2.11 bits per heavy atom. The standard InChI is InChI=1S/C13H18N2O4/c1-8-5-15(6-10(8)14(2)3)12(16)11-4-9(7-19-11)13(17)18/h4,7-8,10H,5-6H2,1-3H3,(H,17,18). The first kappa shape index (κ1) is 13.6. The zero-order valence-corrected chi connectivity index (χ0v) is 11.3. The molecular weight excluding hydrogens is 248 g/mol. The molecule has 6 heteroatoms. The lowest BCUT2D eigenvalue weighted by atomic mass is 10.1.